The van der Waals surface area contributed by atoms with Crippen LogP contribution in [0.5, 0.6) is 0 Å². The van der Waals surface area contributed by atoms with Crippen molar-refractivity contribution in [2.75, 3.05) is 0 Å². The van der Waals surface area contributed by atoms with Crippen LogP contribution in [0.1, 0.15) is 5.56 Å². The lowest BCUT2D eigenvalue weighted by Crippen LogP contribution is -1.84. The van der Waals surface area contributed by atoms with Crippen molar-refractivity contribution in [1.82, 2.24) is 4.57 Å². The first-order valence-electron chi connectivity index (χ1n) is 3.87. The van der Waals surface area contributed by atoms with E-state index in [4.69, 9.17) is 5.26 Å². The molecule has 0 saturated heterocycles. The molecule has 1 aromatic carbocycles. The van der Waals surface area contributed by atoms with Gasteiger partial charge in [-0.2, -0.15) is 5.26 Å². The molecule has 0 unspecified atom stereocenters. The van der Waals surface area contributed by atoms with Crippen molar-refractivity contribution in [2.24, 2.45) is 7.05 Å². The van der Waals surface area contributed by atoms with Crippen LogP contribution in [-0.2, 0) is 7.05 Å². The molecule has 1 heterocycles. The van der Waals surface area contributed by atoms with E-state index < -0.39 is 0 Å². The minimum Gasteiger partial charge on any atom is -0.349 e. The Morgan fingerprint density at radius 3 is 2.92 bits per heavy atom. The molecule has 0 saturated carbocycles. The van der Waals surface area contributed by atoms with Gasteiger partial charge in [0, 0.05) is 23.1 Å². The third-order valence-electron chi connectivity index (χ3n) is 2.07. The molecule has 1 aromatic heterocycles. The maximum absolute atomic E-state index is 8.72. The Balaban J connectivity index is 2.86. The highest BCUT2D eigenvalue weighted by molar-refractivity contribution is 9.10. The zero-order valence-electron chi connectivity index (χ0n) is 7.08. The molecule has 13 heavy (non-hydrogen) atoms. The van der Waals surface area contributed by atoms with Gasteiger partial charge in [0.15, 0.2) is 0 Å². The SMILES string of the molecule is Cn1cc(Br)c2ccc(C#N)cc21. The van der Waals surface area contributed by atoms with Crippen LogP contribution in [0.15, 0.2) is 28.9 Å². The molecule has 2 nitrogen and oxygen atoms in total. The largest absolute Gasteiger partial charge is 0.349 e. The zero-order valence-corrected chi connectivity index (χ0v) is 8.67. The number of benzene rings is 1. The summed E-state index contributed by atoms with van der Waals surface area (Å²) >= 11 is 3.46. The number of aryl methyl sites for hydroxylation is 1. The fourth-order valence-corrected chi connectivity index (χ4v) is 2.05. The summed E-state index contributed by atoms with van der Waals surface area (Å²) < 4.78 is 3.06. The molecule has 0 atom stereocenters. The average Bonchev–Trinajstić information content (AvgIpc) is 2.42. The predicted octanol–water partition coefficient (Wildman–Crippen LogP) is 2.81. The molecule has 2 aromatic rings. The zero-order chi connectivity index (χ0) is 9.42. The molecule has 0 N–H and O–H groups in total. The van der Waals surface area contributed by atoms with Crippen molar-refractivity contribution in [3.8, 4) is 6.07 Å². The van der Waals surface area contributed by atoms with Gasteiger partial charge in [-0.1, -0.05) is 6.07 Å². The molecule has 64 valence electrons. The van der Waals surface area contributed by atoms with E-state index in [9.17, 15) is 0 Å². The first-order chi connectivity index (χ1) is 6.22. The van der Waals surface area contributed by atoms with E-state index in [0.29, 0.717) is 5.56 Å². The molecule has 0 fully saturated rings. The second kappa shape index (κ2) is 2.90. The van der Waals surface area contributed by atoms with Gasteiger partial charge >= 0.3 is 0 Å². The lowest BCUT2D eigenvalue weighted by Gasteiger charge is -1.95. The number of halogens is 1. The van der Waals surface area contributed by atoms with E-state index >= 15 is 0 Å². The van der Waals surface area contributed by atoms with Gasteiger partial charge in [-0.25, -0.2) is 0 Å². The van der Waals surface area contributed by atoms with Crippen LogP contribution < -0.4 is 0 Å². The van der Waals surface area contributed by atoms with Crippen molar-refractivity contribution in [1.29, 1.82) is 5.26 Å². The fraction of sp³-hybridized carbons (Fsp3) is 0.100. The fourth-order valence-electron chi connectivity index (χ4n) is 1.40. The van der Waals surface area contributed by atoms with Crippen molar-refractivity contribution < 1.29 is 0 Å². The number of hydrogen-bond acceptors (Lipinski definition) is 1. The summed E-state index contributed by atoms with van der Waals surface area (Å²) in [5, 5.41) is 9.86. The molecule has 2 rings (SSSR count). The summed E-state index contributed by atoms with van der Waals surface area (Å²) in [5.74, 6) is 0. The van der Waals surface area contributed by atoms with Crippen molar-refractivity contribution in [3.05, 3.63) is 34.4 Å². The summed E-state index contributed by atoms with van der Waals surface area (Å²) in [6.45, 7) is 0. The van der Waals surface area contributed by atoms with Crippen LogP contribution in [0.2, 0.25) is 0 Å². The van der Waals surface area contributed by atoms with Crippen LogP contribution in [0.3, 0.4) is 0 Å². The summed E-state index contributed by atoms with van der Waals surface area (Å²) in [7, 11) is 1.97. The Kier molecular flexibility index (Phi) is 1.86. The van der Waals surface area contributed by atoms with E-state index in [-0.39, 0.29) is 0 Å². The van der Waals surface area contributed by atoms with Gasteiger partial charge in [-0.05, 0) is 28.1 Å². The molecule has 0 aliphatic heterocycles. The summed E-state index contributed by atoms with van der Waals surface area (Å²) in [6, 6.07) is 7.80. The van der Waals surface area contributed by atoms with Crippen LogP contribution in [0.25, 0.3) is 10.9 Å². The van der Waals surface area contributed by atoms with Crippen molar-refractivity contribution >= 4 is 26.8 Å². The van der Waals surface area contributed by atoms with Gasteiger partial charge < -0.3 is 4.57 Å². The summed E-state index contributed by atoms with van der Waals surface area (Å²) in [4.78, 5) is 0. The molecule has 0 aliphatic carbocycles. The molecule has 0 bridgehead atoms. The van der Waals surface area contributed by atoms with E-state index in [0.717, 1.165) is 15.4 Å². The topological polar surface area (TPSA) is 28.7 Å². The maximum atomic E-state index is 8.72. The van der Waals surface area contributed by atoms with Gasteiger partial charge in [0.1, 0.15) is 0 Å². The summed E-state index contributed by atoms with van der Waals surface area (Å²) in [6.07, 6.45) is 1.99. The van der Waals surface area contributed by atoms with E-state index in [1.807, 2.05) is 36.0 Å². The molecule has 0 amide bonds. The highest BCUT2D eigenvalue weighted by atomic mass is 79.9. The predicted molar refractivity (Wildman–Crippen MR) is 55.3 cm³/mol. The van der Waals surface area contributed by atoms with Gasteiger partial charge in [-0.3, -0.25) is 0 Å². The number of rotatable bonds is 0. The monoisotopic (exact) mass is 234 g/mol. The Hall–Kier alpha value is -1.27. The van der Waals surface area contributed by atoms with Crippen LogP contribution >= 0.6 is 15.9 Å². The minimum atomic E-state index is 0.696. The van der Waals surface area contributed by atoms with E-state index in [1.54, 1.807) is 0 Å². The number of hydrogen-bond donors (Lipinski definition) is 0. The first-order valence-corrected chi connectivity index (χ1v) is 4.66. The van der Waals surface area contributed by atoms with E-state index in [2.05, 4.69) is 22.0 Å². The molecule has 0 spiro atoms. The number of aromatic nitrogens is 1. The molecular weight excluding hydrogens is 228 g/mol. The first kappa shape index (κ1) is 8.33. The van der Waals surface area contributed by atoms with Crippen LogP contribution in [0, 0.1) is 11.3 Å². The Labute approximate surface area is 84.5 Å². The molecular formula is C10H7BrN2. The summed E-state index contributed by atoms with van der Waals surface area (Å²) in [5.41, 5.74) is 1.77. The Bertz CT molecular complexity index is 505. The van der Waals surface area contributed by atoms with Gasteiger partial charge in [-0.15, -0.1) is 0 Å². The normalized spacial score (nSPS) is 10.2. The highest BCUT2D eigenvalue weighted by Crippen LogP contribution is 2.25. The Morgan fingerprint density at radius 2 is 2.23 bits per heavy atom. The van der Waals surface area contributed by atoms with Gasteiger partial charge in [0.25, 0.3) is 0 Å². The van der Waals surface area contributed by atoms with Crippen LogP contribution in [-0.4, -0.2) is 4.57 Å². The number of nitriles is 1. The Morgan fingerprint density at radius 1 is 1.46 bits per heavy atom. The van der Waals surface area contributed by atoms with Gasteiger partial charge in [0.05, 0.1) is 17.1 Å². The van der Waals surface area contributed by atoms with Crippen molar-refractivity contribution in [3.63, 3.8) is 0 Å². The lowest BCUT2D eigenvalue weighted by molar-refractivity contribution is 0.966. The maximum Gasteiger partial charge on any atom is 0.0992 e. The second-order valence-electron chi connectivity index (χ2n) is 2.93. The number of nitrogens with zero attached hydrogens (tertiary/aromatic N) is 2. The lowest BCUT2D eigenvalue weighted by atomic mass is 10.2. The molecule has 0 aliphatic rings. The highest BCUT2D eigenvalue weighted by Gasteiger charge is 2.03. The molecule has 3 heteroatoms. The third-order valence-corrected chi connectivity index (χ3v) is 2.70. The van der Waals surface area contributed by atoms with Gasteiger partial charge in [0.2, 0.25) is 0 Å². The van der Waals surface area contributed by atoms with E-state index in [1.165, 1.54) is 0 Å². The van der Waals surface area contributed by atoms with Crippen molar-refractivity contribution in [2.45, 2.75) is 0 Å². The average molecular weight is 235 g/mol. The number of fused-ring (bicyclic) bond motifs is 1. The third kappa shape index (κ3) is 1.24. The minimum absolute atomic E-state index is 0.696. The quantitative estimate of drug-likeness (QED) is 0.690. The smallest absolute Gasteiger partial charge is 0.0992 e. The standard InChI is InChI=1S/C10H7BrN2/c1-13-6-9(11)8-3-2-7(5-12)4-10(8)13/h2-4,6H,1H3. The second-order valence-corrected chi connectivity index (χ2v) is 3.79. The van der Waals surface area contributed by atoms with Crippen LogP contribution in [0.4, 0.5) is 0 Å². The molecule has 0 radical (unpaired) electrons.